The standard InChI is InChI=1S/C11H13NS/c1-2-10(12)9-5-3-4-8-6-7-13-11(8)9/h3-7,10H,2,12H2,1H3. The van der Waals surface area contributed by atoms with Gasteiger partial charge in [-0.15, -0.1) is 11.3 Å². The Hall–Kier alpha value is -0.860. The highest BCUT2D eigenvalue weighted by atomic mass is 32.1. The van der Waals surface area contributed by atoms with Crippen LogP contribution in [0, 0.1) is 0 Å². The molecule has 1 aromatic heterocycles. The highest BCUT2D eigenvalue weighted by molar-refractivity contribution is 7.17. The highest BCUT2D eigenvalue weighted by Crippen LogP contribution is 2.28. The molecule has 0 amide bonds. The van der Waals surface area contributed by atoms with Crippen molar-refractivity contribution in [1.82, 2.24) is 0 Å². The molecule has 1 nitrogen and oxygen atoms in total. The van der Waals surface area contributed by atoms with E-state index in [1.807, 2.05) is 0 Å². The fourth-order valence-corrected chi connectivity index (χ4v) is 2.51. The van der Waals surface area contributed by atoms with E-state index in [0.29, 0.717) is 0 Å². The number of benzene rings is 1. The lowest BCUT2D eigenvalue weighted by Gasteiger charge is -2.09. The molecule has 2 heteroatoms. The number of nitrogens with two attached hydrogens (primary N) is 1. The molecule has 0 radical (unpaired) electrons. The van der Waals surface area contributed by atoms with Gasteiger partial charge in [0.25, 0.3) is 0 Å². The molecule has 68 valence electrons. The lowest BCUT2D eigenvalue weighted by molar-refractivity contribution is 0.705. The summed E-state index contributed by atoms with van der Waals surface area (Å²) in [6.45, 7) is 2.12. The molecular weight excluding hydrogens is 178 g/mol. The molecule has 0 aliphatic carbocycles. The third kappa shape index (κ3) is 1.47. The summed E-state index contributed by atoms with van der Waals surface area (Å²) < 4.78 is 1.34. The van der Waals surface area contributed by atoms with Crippen LogP contribution in [0.5, 0.6) is 0 Å². The normalized spacial score (nSPS) is 13.4. The molecule has 1 aromatic carbocycles. The Morgan fingerprint density at radius 2 is 2.23 bits per heavy atom. The smallest absolute Gasteiger partial charge is 0.0390 e. The van der Waals surface area contributed by atoms with E-state index in [9.17, 15) is 0 Å². The first kappa shape index (κ1) is 8.73. The molecule has 0 fully saturated rings. The highest BCUT2D eigenvalue weighted by Gasteiger charge is 2.07. The predicted octanol–water partition coefficient (Wildman–Crippen LogP) is 3.31. The topological polar surface area (TPSA) is 26.0 Å². The summed E-state index contributed by atoms with van der Waals surface area (Å²) >= 11 is 1.78. The summed E-state index contributed by atoms with van der Waals surface area (Å²) in [5, 5.41) is 3.43. The monoisotopic (exact) mass is 191 g/mol. The van der Waals surface area contributed by atoms with Crippen molar-refractivity contribution in [3.63, 3.8) is 0 Å². The van der Waals surface area contributed by atoms with E-state index in [-0.39, 0.29) is 6.04 Å². The number of thiophene rings is 1. The number of hydrogen-bond donors (Lipinski definition) is 1. The summed E-state index contributed by atoms with van der Waals surface area (Å²) in [7, 11) is 0. The van der Waals surface area contributed by atoms with Gasteiger partial charge in [-0.05, 0) is 28.8 Å². The maximum absolute atomic E-state index is 6.03. The predicted molar refractivity (Wildman–Crippen MR) is 59.0 cm³/mol. The van der Waals surface area contributed by atoms with E-state index >= 15 is 0 Å². The SMILES string of the molecule is CCC(N)c1cccc2ccsc12. The molecule has 0 saturated heterocycles. The Labute approximate surface area is 82.2 Å². The van der Waals surface area contributed by atoms with Gasteiger partial charge in [0, 0.05) is 10.7 Å². The molecule has 0 aliphatic rings. The molecule has 0 saturated carbocycles. The van der Waals surface area contributed by atoms with E-state index in [1.165, 1.54) is 15.6 Å². The zero-order valence-corrected chi connectivity index (χ0v) is 8.47. The lowest BCUT2D eigenvalue weighted by atomic mass is 10.0. The van der Waals surface area contributed by atoms with E-state index in [2.05, 4.69) is 36.6 Å². The third-order valence-corrected chi connectivity index (χ3v) is 3.33. The van der Waals surface area contributed by atoms with Crippen LogP contribution in [0.15, 0.2) is 29.6 Å². The Kier molecular flexibility index (Phi) is 2.34. The number of hydrogen-bond acceptors (Lipinski definition) is 2. The van der Waals surface area contributed by atoms with Crippen LogP contribution in [0.25, 0.3) is 10.1 Å². The summed E-state index contributed by atoms with van der Waals surface area (Å²) in [4.78, 5) is 0. The van der Waals surface area contributed by atoms with Crippen molar-refractivity contribution in [3.8, 4) is 0 Å². The number of fused-ring (bicyclic) bond motifs is 1. The van der Waals surface area contributed by atoms with Crippen molar-refractivity contribution in [2.24, 2.45) is 5.73 Å². The van der Waals surface area contributed by atoms with Gasteiger partial charge in [-0.25, -0.2) is 0 Å². The van der Waals surface area contributed by atoms with Crippen molar-refractivity contribution in [3.05, 3.63) is 35.2 Å². The molecule has 2 aromatic rings. The first-order valence-electron chi connectivity index (χ1n) is 4.54. The first-order chi connectivity index (χ1) is 6.33. The van der Waals surface area contributed by atoms with Crippen LogP contribution in [0.4, 0.5) is 0 Å². The maximum Gasteiger partial charge on any atom is 0.0390 e. The molecule has 0 bridgehead atoms. The minimum atomic E-state index is 0.183. The molecule has 2 N–H and O–H groups in total. The van der Waals surface area contributed by atoms with E-state index in [0.717, 1.165) is 6.42 Å². The van der Waals surface area contributed by atoms with Crippen LogP contribution < -0.4 is 5.73 Å². The summed E-state index contributed by atoms with van der Waals surface area (Å²) in [6, 6.07) is 8.68. The van der Waals surface area contributed by atoms with Gasteiger partial charge >= 0.3 is 0 Å². The second-order valence-electron chi connectivity index (χ2n) is 3.20. The van der Waals surface area contributed by atoms with Crippen molar-refractivity contribution in [2.75, 3.05) is 0 Å². The summed E-state index contributed by atoms with van der Waals surface area (Å²) in [6.07, 6.45) is 0.997. The van der Waals surface area contributed by atoms with Crippen LogP contribution in [0.2, 0.25) is 0 Å². The molecular formula is C11H13NS. The largest absolute Gasteiger partial charge is 0.324 e. The molecule has 0 spiro atoms. The lowest BCUT2D eigenvalue weighted by Crippen LogP contribution is -2.08. The van der Waals surface area contributed by atoms with E-state index < -0.39 is 0 Å². The van der Waals surface area contributed by atoms with Crippen molar-refractivity contribution in [1.29, 1.82) is 0 Å². The Bertz CT molecular complexity index is 405. The van der Waals surface area contributed by atoms with Crippen LogP contribution >= 0.6 is 11.3 Å². The average molecular weight is 191 g/mol. The van der Waals surface area contributed by atoms with Crippen LogP contribution in [-0.4, -0.2) is 0 Å². The van der Waals surface area contributed by atoms with E-state index in [1.54, 1.807) is 11.3 Å². The molecule has 1 heterocycles. The molecule has 2 rings (SSSR count). The summed E-state index contributed by atoms with van der Waals surface area (Å²) in [5.41, 5.74) is 7.31. The quantitative estimate of drug-likeness (QED) is 0.774. The third-order valence-electron chi connectivity index (χ3n) is 2.35. The summed E-state index contributed by atoms with van der Waals surface area (Å²) in [5.74, 6) is 0. The van der Waals surface area contributed by atoms with Crippen molar-refractivity contribution >= 4 is 21.4 Å². The van der Waals surface area contributed by atoms with E-state index in [4.69, 9.17) is 5.73 Å². The molecule has 1 atom stereocenters. The molecule has 0 aliphatic heterocycles. The average Bonchev–Trinajstić information content (AvgIpc) is 2.63. The van der Waals surface area contributed by atoms with Gasteiger partial charge < -0.3 is 5.73 Å². The van der Waals surface area contributed by atoms with Crippen LogP contribution in [-0.2, 0) is 0 Å². The van der Waals surface area contributed by atoms with Crippen molar-refractivity contribution in [2.45, 2.75) is 19.4 Å². The van der Waals surface area contributed by atoms with Gasteiger partial charge in [0.15, 0.2) is 0 Å². The Balaban J connectivity index is 2.60. The Morgan fingerprint density at radius 3 is 3.00 bits per heavy atom. The molecule has 1 unspecified atom stereocenters. The second kappa shape index (κ2) is 3.48. The maximum atomic E-state index is 6.03. The molecule has 13 heavy (non-hydrogen) atoms. The van der Waals surface area contributed by atoms with Crippen molar-refractivity contribution < 1.29 is 0 Å². The zero-order chi connectivity index (χ0) is 9.26. The van der Waals surface area contributed by atoms with Gasteiger partial charge in [-0.2, -0.15) is 0 Å². The van der Waals surface area contributed by atoms with Gasteiger partial charge in [0.1, 0.15) is 0 Å². The minimum Gasteiger partial charge on any atom is -0.324 e. The van der Waals surface area contributed by atoms with Gasteiger partial charge in [0.2, 0.25) is 0 Å². The van der Waals surface area contributed by atoms with Crippen LogP contribution in [0.3, 0.4) is 0 Å². The minimum absolute atomic E-state index is 0.183. The van der Waals surface area contributed by atoms with Gasteiger partial charge in [-0.1, -0.05) is 25.1 Å². The zero-order valence-electron chi connectivity index (χ0n) is 7.66. The fraction of sp³-hybridized carbons (Fsp3) is 0.273. The fourth-order valence-electron chi connectivity index (χ4n) is 1.53. The van der Waals surface area contributed by atoms with Gasteiger partial charge in [-0.3, -0.25) is 0 Å². The Morgan fingerprint density at radius 1 is 1.38 bits per heavy atom. The number of rotatable bonds is 2. The van der Waals surface area contributed by atoms with Crippen LogP contribution in [0.1, 0.15) is 24.9 Å². The van der Waals surface area contributed by atoms with Gasteiger partial charge in [0.05, 0.1) is 0 Å². The second-order valence-corrected chi connectivity index (χ2v) is 4.12. The first-order valence-corrected chi connectivity index (χ1v) is 5.42.